The van der Waals surface area contributed by atoms with Crippen LogP contribution in [0.5, 0.6) is 0 Å². The van der Waals surface area contributed by atoms with Crippen LogP contribution < -0.4 is 31.8 Å². The Morgan fingerprint density at radius 1 is 0.488 bits per heavy atom. The maximum absolute atomic E-state index is 4.76. The highest BCUT2D eigenvalue weighted by Gasteiger charge is 2.47. The Kier molecular flexibility index (Phi) is 9.04. The quantitative estimate of drug-likeness (QED) is 0.0911. The first-order valence-corrected chi connectivity index (χ1v) is 17.6. The molecule has 0 saturated heterocycles. The van der Waals surface area contributed by atoms with Crippen molar-refractivity contribution in [3.8, 4) is 0 Å². The summed E-state index contributed by atoms with van der Waals surface area (Å²) in [4.78, 5) is 0. The molecule has 0 bridgehead atoms. The van der Waals surface area contributed by atoms with Crippen LogP contribution in [0.4, 0.5) is 0 Å². The molecule has 0 spiro atoms. The van der Waals surface area contributed by atoms with Crippen molar-refractivity contribution in [2.75, 3.05) is 0 Å². The first-order chi connectivity index (χ1) is 21.3. The Balaban J connectivity index is 1.48. The third-order valence-electron chi connectivity index (χ3n) is 7.56. The molecule has 6 aromatic carbocycles. The van der Waals surface area contributed by atoms with Crippen molar-refractivity contribution in [2.45, 2.75) is 0 Å². The first-order valence-electron chi connectivity index (χ1n) is 14.5. The maximum atomic E-state index is 4.76. The molecule has 0 aromatic heterocycles. The number of hydrogen-bond donors (Lipinski definition) is 0. The Bertz CT molecular complexity index is 1700. The SMILES string of the molecule is C=C(C=C=Cc1ccccc1P(c1ccccc1)c1ccccc1)[P+](c1ccccc1)(c1ccccc1)c1ccccc1. The number of allylic oxidation sites excluding steroid dienone is 2. The molecular formula is C41H33P2+. The van der Waals surface area contributed by atoms with Crippen molar-refractivity contribution in [1.29, 1.82) is 0 Å². The van der Waals surface area contributed by atoms with Gasteiger partial charge in [-0.3, -0.25) is 0 Å². The van der Waals surface area contributed by atoms with Crippen molar-refractivity contribution in [1.82, 2.24) is 0 Å². The molecule has 0 aliphatic heterocycles. The predicted molar refractivity (Wildman–Crippen MR) is 192 cm³/mol. The highest BCUT2D eigenvalue weighted by atomic mass is 31.2. The van der Waals surface area contributed by atoms with Crippen LogP contribution in [0.15, 0.2) is 200 Å². The maximum Gasteiger partial charge on any atom is 0.144 e. The van der Waals surface area contributed by atoms with Crippen molar-refractivity contribution in [2.24, 2.45) is 0 Å². The molecule has 6 aromatic rings. The van der Waals surface area contributed by atoms with E-state index in [0.29, 0.717) is 0 Å². The molecule has 0 fully saturated rings. The zero-order valence-corrected chi connectivity index (χ0v) is 25.8. The van der Waals surface area contributed by atoms with Crippen LogP contribution in [-0.4, -0.2) is 0 Å². The number of hydrogen-bond acceptors (Lipinski definition) is 0. The van der Waals surface area contributed by atoms with Crippen LogP contribution >= 0.6 is 15.2 Å². The molecule has 206 valence electrons. The van der Waals surface area contributed by atoms with Crippen LogP contribution in [0.1, 0.15) is 5.56 Å². The van der Waals surface area contributed by atoms with Gasteiger partial charge in [-0.25, -0.2) is 0 Å². The fourth-order valence-corrected chi connectivity index (χ4v) is 12.1. The molecule has 43 heavy (non-hydrogen) atoms. The summed E-state index contributed by atoms with van der Waals surface area (Å²) in [5, 5.41) is 8.91. The molecule has 0 saturated carbocycles. The largest absolute Gasteiger partial charge is 0.144 e. The molecular weight excluding hydrogens is 554 g/mol. The lowest BCUT2D eigenvalue weighted by atomic mass is 10.2. The molecule has 0 nitrogen and oxygen atoms in total. The normalized spacial score (nSPS) is 11.0. The highest BCUT2D eigenvalue weighted by Crippen LogP contribution is 2.62. The highest BCUT2D eigenvalue weighted by molar-refractivity contribution is 7.99. The molecule has 0 radical (unpaired) electrons. The minimum atomic E-state index is -2.22. The summed E-state index contributed by atoms with van der Waals surface area (Å²) in [6.45, 7) is 4.76. The van der Waals surface area contributed by atoms with Gasteiger partial charge in [0.2, 0.25) is 0 Å². The second kappa shape index (κ2) is 13.6. The Morgan fingerprint density at radius 2 is 0.860 bits per heavy atom. The van der Waals surface area contributed by atoms with Crippen LogP contribution in [0.2, 0.25) is 0 Å². The third-order valence-corrected chi connectivity index (χ3v) is 14.3. The minimum absolute atomic E-state index is 0.730. The van der Waals surface area contributed by atoms with Crippen molar-refractivity contribution < 1.29 is 0 Å². The zero-order chi connectivity index (χ0) is 29.3. The van der Waals surface area contributed by atoms with Crippen molar-refractivity contribution in [3.63, 3.8) is 0 Å². The van der Waals surface area contributed by atoms with E-state index >= 15 is 0 Å². The first kappa shape index (κ1) is 28.6. The van der Waals surface area contributed by atoms with Gasteiger partial charge in [-0.15, -0.1) is 5.73 Å². The average molecular weight is 588 g/mol. The van der Waals surface area contributed by atoms with Gasteiger partial charge in [-0.2, -0.15) is 0 Å². The third kappa shape index (κ3) is 6.01. The van der Waals surface area contributed by atoms with Gasteiger partial charge in [0, 0.05) is 6.08 Å². The lowest BCUT2D eigenvalue weighted by molar-refractivity contribution is 1.70. The molecule has 0 aliphatic carbocycles. The van der Waals surface area contributed by atoms with E-state index in [9.17, 15) is 0 Å². The molecule has 0 unspecified atom stereocenters. The summed E-state index contributed by atoms with van der Waals surface area (Å²) in [5.41, 5.74) is 4.78. The van der Waals surface area contributed by atoms with Crippen molar-refractivity contribution >= 4 is 53.1 Å². The summed E-state index contributed by atoms with van der Waals surface area (Å²) in [6.07, 6.45) is 4.25. The summed E-state index contributed by atoms with van der Waals surface area (Å²) in [7, 11) is -2.95. The minimum Gasteiger partial charge on any atom is -0.116 e. The van der Waals surface area contributed by atoms with Gasteiger partial charge >= 0.3 is 0 Å². The molecule has 0 aliphatic rings. The van der Waals surface area contributed by atoms with E-state index in [-0.39, 0.29) is 0 Å². The summed E-state index contributed by atoms with van der Waals surface area (Å²) < 4.78 is 0. The molecule has 0 heterocycles. The van der Waals surface area contributed by atoms with E-state index in [0.717, 1.165) is 5.31 Å². The summed E-state index contributed by atoms with van der Waals surface area (Å²) in [5.74, 6) is 0. The molecule has 0 atom stereocenters. The van der Waals surface area contributed by atoms with Gasteiger partial charge in [0.15, 0.2) is 0 Å². The van der Waals surface area contributed by atoms with Crippen molar-refractivity contribution in [3.05, 3.63) is 205 Å². The van der Waals surface area contributed by atoms with Gasteiger partial charge in [0.05, 0.1) is 0 Å². The fraction of sp³-hybridized carbons (Fsp3) is 0. The predicted octanol–water partition coefficient (Wildman–Crippen LogP) is 8.12. The molecule has 2 heteroatoms. The van der Waals surface area contributed by atoms with Crippen LogP contribution in [-0.2, 0) is 0 Å². The molecule has 6 rings (SSSR count). The van der Waals surface area contributed by atoms with Gasteiger partial charge in [-0.05, 0) is 71.9 Å². The van der Waals surface area contributed by atoms with E-state index in [1.165, 1.54) is 37.4 Å². The fourth-order valence-electron chi connectivity index (χ4n) is 5.62. The van der Waals surface area contributed by atoms with Gasteiger partial charge < -0.3 is 0 Å². The van der Waals surface area contributed by atoms with E-state index in [4.69, 9.17) is 6.58 Å². The zero-order valence-electron chi connectivity index (χ0n) is 24.0. The summed E-state index contributed by atoms with van der Waals surface area (Å²) in [6, 6.07) is 63.0. The summed E-state index contributed by atoms with van der Waals surface area (Å²) >= 11 is 0. The Labute approximate surface area is 257 Å². The average Bonchev–Trinajstić information content (AvgIpc) is 3.08. The van der Waals surface area contributed by atoms with E-state index in [1.807, 2.05) is 0 Å². The second-order valence-corrected chi connectivity index (χ2v) is 15.8. The smallest absolute Gasteiger partial charge is 0.116 e. The van der Waals surface area contributed by atoms with Gasteiger partial charge in [0.1, 0.15) is 28.5 Å². The number of benzene rings is 6. The van der Waals surface area contributed by atoms with Crippen LogP contribution in [0.3, 0.4) is 0 Å². The lowest BCUT2D eigenvalue weighted by Gasteiger charge is -2.27. The van der Waals surface area contributed by atoms with Gasteiger partial charge in [0.25, 0.3) is 0 Å². The second-order valence-electron chi connectivity index (χ2n) is 10.2. The van der Waals surface area contributed by atoms with E-state index < -0.39 is 15.2 Å². The Morgan fingerprint density at radius 3 is 1.30 bits per heavy atom. The van der Waals surface area contributed by atoms with Crippen LogP contribution in [0, 0.1) is 0 Å². The van der Waals surface area contributed by atoms with E-state index in [1.54, 1.807) is 0 Å². The van der Waals surface area contributed by atoms with E-state index in [2.05, 4.69) is 194 Å². The van der Waals surface area contributed by atoms with Gasteiger partial charge in [-0.1, -0.05) is 146 Å². The lowest BCUT2D eigenvalue weighted by Crippen LogP contribution is -2.31. The molecule has 0 N–H and O–H groups in total. The monoisotopic (exact) mass is 587 g/mol. The number of rotatable bonds is 9. The van der Waals surface area contributed by atoms with Crippen LogP contribution in [0.25, 0.3) is 6.08 Å². The topological polar surface area (TPSA) is 0 Å². The standard InChI is InChI=1S/C41H33P2/c1-34(43(38-27-11-4-12-28-38,39-29-13-5-14-30-39)40-31-15-6-16-32-40)20-19-22-35-21-17-18-33-41(35)42(36-23-7-2-8-24-36)37-25-9-3-10-26-37/h2-18,20-33H,1H2/q+1. The Hall–Kier alpha value is -4.56. The molecule has 0 amide bonds.